The van der Waals surface area contributed by atoms with Gasteiger partial charge in [0.15, 0.2) is 11.5 Å². The van der Waals surface area contributed by atoms with E-state index in [0.717, 1.165) is 43.5 Å². The highest BCUT2D eigenvalue weighted by Gasteiger charge is 2.40. The second-order valence-electron chi connectivity index (χ2n) is 10.1. The van der Waals surface area contributed by atoms with Crippen LogP contribution in [-0.4, -0.2) is 69.6 Å². The lowest BCUT2D eigenvalue weighted by atomic mass is 9.96. The number of alkyl halides is 3. The van der Waals surface area contributed by atoms with E-state index in [4.69, 9.17) is 0 Å². The maximum Gasteiger partial charge on any atom is 0.433 e. The van der Waals surface area contributed by atoms with Gasteiger partial charge in [-0.15, -0.1) is 5.01 Å². The van der Waals surface area contributed by atoms with E-state index in [2.05, 4.69) is 9.97 Å². The molecule has 9 nitrogen and oxygen atoms in total. The number of hydrogen-bond donors (Lipinski definition) is 0. The quantitative estimate of drug-likeness (QED) is 0.567. The van der Waals surface area contributed by atoms with Crippen molar-refractivity contribution in [3.8, 4) is 6.07 Å². The number of carbonyl (C=O) groups is 2. The Hall–Kier alpha value is -3.10. The first-order chi connectivity index (χ1) is 16.4. The molecule has 0 bridgehead atoms. The number of rotatable bonds is 3. The summed E-state index contributed by atoms with van der Waals surface area (Å²) < 4.78 is 40.8. The second-order valence-corrected chi connectivity index (χ2v) is 10.1. The number of anilines is 1. The van der Waals surface area contributed by atoms with Crippen molar-refractivity contribution >= 4 is 17.9 Å². The van der Waals surface area contributed by atoms with Crippen LogP contribution < -0.4 is 5.01 Å². The Kier molecular flexibility index (Phi) is 8.07. The number of nitrogens with zero attached hydrogens (tertiary/aromatic N) is 7. The normalized spacial score (nSPS) is 17.1. The minimum Gasteiger partial charge on any atom is -0.323 e. The lowest BCUT2D eigenvalue weighted by Crippen LogP contribution is -2.61. The number of imide groups is 1. The van der Waals surface area contributed by atoms with Gasteiger partial charge in [-0.05, 0) is 43.9 Å². The third-order valence-corrected chi connectivity index (χ3v) is 5.85. The number of likely N-dealkylation sites (tertiary alicyclic amines) is 2. The molecule has 0 radical (unpaired) electrons. The number of halogens is 3. The van der Waals surface area contributed by atoms with E-state index < -0.39 is 35.2 Å². The maximum atomic E-state index is 13.8. The summed E-state index contributed by atoms with van der Waals surface area (Å²) >= 11 is 0. The fourth-order valence-corrected chi connectivity index (χ4v) is 4.19. The molecule has 12 heteroatoms. The van der Waals surface area contributed by atoms with Crippen molar-refractivity contribution in [1.82, 2.24) is 24.8 Å². The van der Waals surface area contributed by atoms with Crippen molar-refractivity contribution in [1.29, 1.82) is 5.26 Å². The molecule has 192 valence electrons. The minimum atomic E-state index is -4.84. The lowest BCUT2D eigenvalue weighted by Gasteiger charge is -2.43. The number of urea groups is 2. The van der Waals surface area contributed by atoms with Gasteiger partial charge in [-0.25, -0.2) is 14.6 Å². The van der Waals surface area contributed by atoms with Crippen molar-refractivity contribution in [3.05, 3.63) is 17.6 Å². The van der Waals surface area contributed by atoms with Crippen LogP contribution in [0.3, 0.4) is 0 Å². The van der Waals surface area contributed by atoms with Crippen LogP contribution in [0.25, 0.3) is 0 Å². The van der Waals surface area contributed by atoms with Gasteiger partial charge in [0.2, 0.25) is 5.82 Å². The number of amides is 4. The van der Waals surface area contributed by atoms with Gasteiger partial charge in [-0.1, -0.05) is 20.8 Å². The third kappa shape index (κ3) is 6.74. The van der Waals surface area contributed by atoms with Crippen molar-refractivity contribution in [2.45, 2.75) is 65.5 Å². The van der Waals surface area contributed by atoms with Crippen LogP contribution in [0.1, 0.15) is 70.8 Å². The largest absolute Gasteiger partial charge is 0.433 e. The number of hydrazine groups is 1. The highest BCUT2D eigenvalue weighted by atomic mass is 19.4. The summed E-state index contributed by atoms with van der Waals surface area (Å²) in [5.74, 6) is -1.01. The molecule has 3 heterocycles. The summed E-state index contributed by atoms with van der Waals surface area (Å²) in [4.78, 5) is 37.9. The Balaban J connectivity index is 2.14. The van der Waals surface area contributed by atoms with Gasteiger partial charge in [0.25, 0.3) is 0 Å². The molecule has 0 aliphatic carbocycles. The fourth-order valence-electron chi connectivity index (χ4n) is 4.19. The molecule has 2 fully saturated rings. The van der Waals surface area contributed by atoms with Crippen molar-refractivity contribution in [3.63, 3.8) is 0 Å². The average Bonchev–Trinajstić information content (AvgIpc) is 2.82. The molecule has 4 amide bonds. The van der Waals surface area contributed by atoms with Gasteiger partial charge in [-0.3, -0.25) is 5.01 Å². The van der Waals surface area contributed by atoms with E-state index in [1.165, 1.54) is 5.01 Å². The second kappa shape index (κ2) is 10.7. The Morgan fingerprint density at radius 3 is 1.83 bits per heavy atom. The Morgan fingerprint density at radius 2 is 1.43 bits per heavy atom. The van der Waals surface area contributed by atoms with Crippen molar-refractivity contribution < 1.29 is 22.8 Å². The summed E-state index contributed by atoms with van der Waals surface area (Å²) in [5.41, 5.74) is -1.85. The van der Waals surface area contributed by atoms with E-state index in [0.29, 0.717) is 32.2 Å². The Morgan fingerprint density at radius 1 is 0.943 bits per heavy atom. The summed E-state index contributed by atoms with van der Waals surface area (Å²) in [7, 11) is 0. The van der Waals surface area contributed by atoms with Gasteiger partial charge in [0, 0.05) is 38.8 Å². The molecule has 0 aromatic carbocycles. The van der Waals surface area contributed by atoms with Crippen LogP contribution in [-0.2, 0) is 6.18 Å². The molecule has 0 atom stereocenters. The van der Waals surface area contributed by atoms with Gasteiger partial charge < -0.3 is 9.80 Å². The van der Waals surface area contributed by atoms with Crippen LogP contribution in [0, 0.1) is 16.7 Å². The molecule has 2 aliphatic rings. The van der Waals surface area contributed by atoms with Crippen LogP contribution in [0.15, 0.2) is 6.07 Å². The van der Waals surface area contributed by atoms with Crippen LogP contribution in [0.4, 0.5) is 28.6 Å². The first-order valence-corrected chi connectivity index (χ1v) is 11.9. The van der Waals surface area contributed by atoms with Crippen LogP contribution in [0.5, 0.6) is 0 Å². The molecule has 0 N–H and O–H groups in total. The van der Waals surface area contributed by atoms with Gasteiger partial charge in [0.1, 0.15) is 6.07 Å². The predicted octanol–water partition coefficient (Wildman–Crippen LogP) is 4.65. The molecule has 1 aromatic heterocycles. The van der Waals surface area contributed by atoms with E-state index in [1.54, 1.807) is 15.9 Å². The summed E-state index contributed by atoms with van der Waals surface area (Å²) in [6, 6.07) is 1.05. The van der Waals surface area contributed by atoms with Crippen LogP contribution in [0.2, 0.25) is 0 Å². The molecule has 1 aromatic rings. The average molecular weight is 496 g/mol. The number of hydrogen-bond acceptors (Lipinski definition) is 6. The lowest BCUT2D eigenvalue weighted by molar-refractivity contribution is -0.141. The van der Waals surface area contributed by atoms with Gasteiger partial charge in [0.05, 0.1) is 0 Å². The molecule has 2 aliphatic heterocycles. The summed E-state index contributed by atoms with van der Waals surface area (Å²) in [6.45, 7) is 7.33. The molecular formula is C23H32F3N7O2. The van der Waals surface area contributed by atoms with Crippen molar-refractivity contribution in [2.24, 2.45) is 5.41 Å². The van der Waals surface area contributed by atoms with E-state index in [-0.39, 0.29) is 12.4 Å². The summed E-state index contributed by atoms with van der Waals surface area (Å²) in [5, 5.41) is 11.4. The highest BCUT2D eigenvalue weighted by Crippen LogP contribution is 2.32. The SMILES string of the molecule is CC(C)(C)CN(c1cc(C(F)(F)F)nc(C#N)n1)N(C(=O)N1CCCCC1)C(=O)N1CCCCC1. The number of piperidine rings is 2. The zero-order valence-electron chi connectivity index (χ0n) is 20.4. The molecule has 2 saturated heterocycles. The van der Waals surface area contributed by atoms with E-state index in [9.17, 15) is 28.0 Å². The predicted molar refractivity (Wildman–Crippen MR) is 122 cm³/mol. The molecule has 0 unspecified atom stereocenters. The van der Waals surface area contributed by atoms with E-state index >= 15 is 0 Å². The molecular weight excluding hydrogens is 463 g/mol. The zero-order chi connectivity index (χ0) is 25.8. The van der Waals surface area contributed by atoms with Gasteiger partial charge in [-0.2, -0.15) is 23.4 Å². The Labute approximate surface area is 203 Å². The molecule has 35 heavy (non-hydrogen) atoms. The van der Waals surface area contributed by atoms with Crippen LogP contribution >= 0.6 is 0 Å². The zero-order valence-corrected chi connectivity index (χ0v) is 20.4. The standard InChI is InChI=1S/C23H32F3N7O2/c1-22(2,3)16-32(19-14-17(23(24,25)26)28-18(15-27)29-19)33(20(34)30-10-6-4-7-11-30)21(35)31-12-8-5-9-13-31/h14H,4-13,16H2,1-3H3. The Bertz CT molecular complexity index is 929. The third-order valence-electron chi connectivity index (χ3n) is 5.85. The number of aromatic nitrogens is 2. The minimum absolute atomic E-state index is 0.00530. The molecule has 3 rings (SSSR count). The van der Waals surface area contributed by atoms with E-state index in [1.807, 2.05) is 20.8 Å². The topological polar surface area (TPSA) is 96.7 Å². The molecule has 0 saturated carbocycles. The van der Waals surface area contributed by atoms with Gasteiger partial charge >= 0.3 is 18.2 Å². The molecule has 0 spiro atoms. The number of nitriles is 1. The number of carbonyl (C=O) groups excluding carboxylic acids is 2. The monoisotopic (exact) mass is 495 g/mol. The highest BCUT2D eigenvalue weighted by molar-refractivity contribution is 5.95. The first-order valence-electron chi connectivity index (χ1n) is 11.9. The summed E-state index contributed by atoms with van der Waals surface area (Å²) in [6.07, 6.45) is 0.198. The first kappa shape index (κ1) is 26.5. The fraction of sp³-hybridized carbons (Fsp3) is 0.696. The smallest absolute Gasteiger partial charge is 0.323 e. The maximum absolute atomic E-state index is 13.8. The van der Waals surface area contributed by atoms with Crippen molar-refractivity contribution in [2.75, 3.05) is 37.7 Å².